The predicted molar refractivity (Wildman–Crippen MR) is 62.4 cm³/mol. The van der Waals surface area contributed by atoms with Gasteiger partial charge in [0.1, 0.15) is 0 Å². The Morgan fingerprint density at radius 3 is 1.93 bits per heavy atom. The molecule has 0 heterocycles. The van der Waals surface area contributed by atoms with Crippen molar-refractivity contribution in [3.8, 4) is 0 Å². The van der Waals surface area contributed by atoms with Gasteiger partial charge in [-0.05, 0) is 46.0 Å². The molecule has 0 saturated carbocycles. The minimum Gasteiger partial charge on any atom is -0.393 e. The predicted octanol–water partition coefficient (Wildman–Crippen LogP) is 2.56. The fourth-order valence-corrected chi connectivity index (χ4v) is 1.73. The summed E-state index contributed by atoms with van der Waals surface area (Å²) in [5.41, 5.74) is 0. The lowest BCUT2D eigenvalue weighted by atomic mass is 10.0. The molecule has 0 aliphatic carbocycles. The topological polar surface area (TPSA) is 32.3 Å². The molecule has 14 heavy (non-hydrogen) atoms. The average Bonchev–Trinajstić information content (AvgIpc) is 1.98. The van der Waals surface area contributed by atoms with Crippen molar-refractivity contribution in [1.82, 2.24) is 5.32 Å². The molecular formula is C12H27NO. The Balaban J connectivity index is 3.55. The lowest BCUT2D eigenvalue weighted by Crippen LogP contribution is -2.36. The monoisotopic (exact) mass is 201 g/mol. The van der Waals surface area contributed by atoms with E-state index in [0.29, 0.717) is 12.1 Å². The SMILES string of the molecule is CC(C)CCC(C)NC(C)CC(C)O. The molecule has 0 saturated heterocycles. The fraction of sp³-hybridized carbons (Fsp3) is 1.00. The molecule has 3 atom stereocenters. The third-order valence-corrected chi connectivity index (χ3v) is 2.44. The van der Waals surface area contributed by atoms with Crippen molar-refractivity contribution in [3.05, 3.63) is 0 Å². The van der Waals surface area contributed by atoms with Crippen LogP contribution in [0.4, 0.5) is 0 Å². The van der Waals surface area contributed by atoms with Gasteiger partial charge in [0, 0.05) is 12.1 Å². The van der Waals surface area contributed by atoms with Gasteiger partial charge < -0.3 is 10.4 Å². The molecule has 0 aromatic carbocycles. The summed E-state index contributed by atoms with van der Waals surface area (Å²) >= 11 is 0. The van der Waals surface area contributed by atoms with Crippen molar-refractivity contribution >= 4 is 0 Å². The second kappa shape index (κ2) is 7.24. The lowest BCUT2D eigenvalue weighted by molar-refractivity contribution is 0.167. The Bertz CT molecular complexity index is 134. The van der Waals surface area contributed by atoms with Crippen LogP contribution in [0, 0.1) is 5.92 Å². The van der Waals surface area contributed by atoms with E-state index in [2.05, 4.69) is 33.0 Å². The van der Waals surface area contributed by atoms with E-state index in [4.69, 9.17) is 0 Å². The molecule has 3 unspecified atom stereocenters. The smallest absolute Gasteiger partial charge is 0.0526 e. The first-order chi connectivity index (χ1) is 6.41. The van der Waals surface area contributed by atoms with Gasteiger partial charge in [0.2, 0.25) is 0 Å². The molecule has 0 aromatic rings. The van der Waals surface area contributed by atoms with E-state index >= 15 is 0 Å². The van der Waals surface area contributed by atoms with Crippen molar-refractivity contribution in [3.63, 3.8) is 0 Å². The highest BCUT2D eigenvalue weighted by Gasteiger charge is 2.09. The zero-order chi connectivity index (χ0) is 11.1. The summed E-state index contributed by atoms with van der Waals surface area (Å²) in [6.07, 6.45) is 3.14. The second-order valence-corrected chi connectivity index (χ2v) is 5.02. The summed E-state index contributed by atoms with van der Waals surface area (Å²) in [6.45, 7) is 10.7. The van der Waals surface area contributed by atoms with E-state index in [-0.39, 0.29) is 6.10 Å². The number of hydrogen-bond donors (Lipinski definition) is 2. The van der Waals surface area contributed by atoms with Crippen LogP contribution in [0.5, 0.6) is 0 Å². The first-order valence-electron chi connectivity index (χ1n) is 5.86. The fourth-order valence-electron chi connectivity index (χ4n) is 1.73. The number of aliphatic hydroxyl groups is 1. The maximum Gasteiger partial charge on any atom is 0.0526 e. The molecule has 0 aliphatic heterocycles. The van der Waals surface area contributed by atoms with Gasteiger partial charge in [-0.15, -0.1) is 0 Å². The van der Waals surface area contributed by atoms with Crippen LogP contribution in [0.1, 0.15) is 53.9 Å². The third kappa shape index (κ3) is 8.52. The van der Waals surface area contributed by atoms with Crippen molar-refractivity contribution in [2.75, 3.05) is 0 Å². The van der Waals surface area contributed by atoms with E-state index < -0.39 is 0 Å². The van der Waals surface area contributed by atoms with E-state index in [0.717, 1.165) is 12.3 Å². The van der Waals surface area contributed by atoms with Crippen LogP contribution < -0.4 is 5.32 Å². The first-order valence-corrected chi connectivity index (χ1v) is 5.86. The maximum absolute atomic E-state index is 9.21. The van der Waals surface area contributed by atoms with Crippen LogP contribution in [0.15, 0.2) is 0 Å². The summed E-state index contributed by atoms with van der Waals surface area (Å²) in [4.78, 5) is 0. The molecule has 2 heteroatoms. The van der Waals surface area contributed by atoms with E-state index in [1.165, 1.54) is 12.8 Å². The molecule has 0 spiro atoms. The Labute approximate surface area is 89.1 Å². The van der Waals surface area contributed by atoms with Crippen LogP contribution in [0.2, 0.25) is 0 Å². The Morgan fingerprint density at radius 2 is 1.50 bits per heavy atom. The summed E-state index contributed by atoms with van der Waals surface area (Å²) in [5.74, 6) is 0.784. The van der Waals surface area contributed by atoms with Gasteiger partial charge in [-0.2, -0.15) is 0 Å². The van der Waals surface area contributed by atoms with Gasteiger partial charge in [-0.25, -0.2) is 0 Å². The van der Waals surface area contributed by atoms with E-state index in [1.807, 2.05) is 6.92 Å². The quantitative estimate of drug-likeness (QED) is 0.663. The molecule has 0 radical (unpaired) electrons. The van der Waals surface area contributed by atoms with Crippen molar-refractivity contribution in [2.45, 2.75) is 72.1 Å². The van der Waals surface area contributed by atoms with Gasteiger partial charge in [-0.1, -0.05) is 13.8 Å². The van der Waals surface area contributed by atoms with Crippen LogP contribution in [-0.2, 0) is 0 Å². The minimum absolute atomic E-state index is 0.199. The van der Waals surface area contributed by atoms with Crippen LogP contribution in [-0.4, -0.2) is 23.3 Å². The normalized spacial score (nSPS) is 18.2. The highest BCUT2D eigenvalue weighted by atomic mass is 16.3. The largest absolute Gasteiger partial charge is 0.393 e. The molecule has 0 aromatic heterocycles. The summed E-state index contributed by atoms with van der Waals surface area (Å²) < 4.78 is 0. The molecule has 0 fully saturated rings. The van der Waals surface area contributed by atoms with Crippen molar-refractivity contribution in [1.29, 1.82) is 0 Å². The maximum atomic E-state index is 9.21. The second-order valence-electron chi connectivity index (χ2n) is 5.02. The summed E-state index contributed by atoms with van der Waals surface area (Å²) in [6, 6.07) is 0.975. The number of rotatable bonds is 7. The van der Waals surface area contributed by atoms with Gasteiger partial charge in [0.25, 0.3) is 0 Å². The molecular weight excluding hydrogens is 174 g/mol. The Kier molecular flexibility index (Phi) is 7.20. The van der Waals surface area contributed by atoms with Crippen molar-refractivity contribution < 1.29 is 5.11 Å². The lowest BCUT2D eigenvalue weighted by Gasteiger charge is -2.21. The van der Waals surface area contributed by atoms with Crippen LogP contribution >= 0.6 is 0 Å². The number of nitrogens with one attached hydrogen (secondary N) is 1. The summed E-state index contributed by atoms with van der Waals surface area (Å²) in [5, 5.41) is 12.7. The highest BCUT2D eigenvalue weighted by Crippen LogP contribution is 2.08. The molecule has 86 valence electrons. The third-order valence-electron chi connectivity index (χ3n) is 2.44. The van der Waals surface area contributed by atoms with Gasteiger partial charge in [0.05, 0.1) is 6.10 Å². The van der Waals surface area contributed by atoms with Crippen LogP contribution in [0.3, 0.4) is 0 Å². The molecule has 2 N–H and O–H groups in total. The number of hydrogen-bond acceptors (Lipinski definition) is 2. The van der Waals surface area contributed by atoms with Gasteiger partial charge in [-0.3, -0.25) is 0 Å². The zero-order valence-corrected chi connectivity index (χ0v) is 10.4. The standard InChI is InChI=1S/C12H27NO/c1-9(2)6-7-10(3)13-11(4)8-12(5)14/h9-14H,6-8H2,1-5H3. The minimum atomic E-state index is -0.199. The molecule has 2 nitrogen and oxygen atoms in total. The number of aliphatic hydroxyl groups excluding tert-OH is 1. The van der Waals surface area contributed by atoms with E-state index in [9.17, 15) is 5.11 Å². The van der Waals surface area contributed by atoms with Crippen molar-refractivity contribution in [2.24, 2.45) is 5.92 Å². The van der Waals surface area contributed by atoms with Crippen LogP contribution in [0.25, 0.3) is 0 Å². The highest BCUT2D eigenvalue weighted by molar-refractivity contribution is 4.69. The first kappa shape index (κ1) is 13.9. The molecule has 0 aliphatic rings. The molecule has 0 amide bonds. The zero-order valence-electron chi connectivity index (χ0n) is 10.4. The van der Waals surface area contributed by atoms with Gasteiger partial charge >= 0.3 is 0 Å². The molecule has 0 rings (SSSR count). The molecule has 0 bridgehead atoms. The summed E-state index contributed by atoms with van der Waals surface area (Å²) in [7, 11) is 0. The Morgan fingerprint density at radius 1 is 0.929 bits per heavy atom. The van der Waals surface area contributed by atoms with Gasteiger partial charge in [0.15, 0.2) is 0 Å². The Hall–Kier alpha value is -0.0800. The van der Waals surface area contributed by atoms with E-state index in [1.54, 1.807) is 0 Å². The average molecular weight is 201 g/mol.